The van der Waals surface area contributed by atoms with Gasteiger partial charge in [0.05, 0.1) is 11.7 Å². The molecular formula is C18H14N4O3. The smallest absolute Gasteiger partial charge is 0.350 e. The first kappa shape index (κ1) is 14.9. The van der Waals surface area contributed by atoms with Gasteiger partial charge in [-0.1, -0.05) is 11.6 Å². The molecule has 0 aliphatic rings. The molecule has 25 heavy (non-hydrogen) atoms. The van der Waals surface area contributed by atoms with Crippen molar-refractivity contribution in [2.24, 2.45) is 5.10 Å². The monoisotopic (exact) mass is 334 g/mol. The van der Waals surface area contributed by atoms with Crippen LogP contribution in [0.25, 0.3) is 21.9 Å². The lowest BCUT2D eigenvalue weighted by Crippen LogP contribution is -2.32. The molecule has 0 amide bonds. The number of hydrogen-bond donors (Lipinski definition) is 3. The average molecular weight is 334 g/mol. The topological polar surface area (TPSA) is 103 Å². The predicted molar refractivity (Wildman–Crippen MR) is 96.5 cm³/mol. The molecule has 0 unspecified atom stereocenters. The lowest BCUT2D eigenvalue weighted by atomic mass is 10.2. The van der Waals surface area contributed by atoms with Gasteiger partial charge in [-0.3, -0.25) is 4.79 Å². The van der Waals surface area contributed by atoms with Crippen LogP contribution in [0.15, 0.2) is 57.2 Å². The summed E-state index contributed by atoms with van der Waals surface area (Å²) in [7, 11) is 0. The summed E-state index contributed by atoms with van der Waals surface area (Å²) in [6.45, 7) is 1.94. The van der Waals surface area contributed by atoms with Crippen molar-refractivity contribution in [3.8, 4) is 5.75 Å². The SMILES string of the molecule is Cc1ccc2[nH]c3c(=O)n(/N=C\c4ccc(O)cc4)c(=O)[nH]c3c2c1. The van der Waals surface area contributed by atoms with Crippen molar-refractivity contribution < 1.29 is 5.11 Å². The summed E-state index contributed by atoms with van der Waals surface area (Å²) in [5.41, 5.74) is 2.08. The Kier molecular flexibility index (Phi) is 3.28. The van der Waals surface area contributed by atoms with E-state index in [9.17, 15) is 14.7 Å². The maximum Gasteiger partial charge on any atom is 0.350 e. The minimum atomic E-state index is -0.616. The number of rotatable bonds is 2. The Morgan fingerprint density at radius 2 is 1.80 bits per heavy atom. The molecule has 4 aromatic rings. The van der Waals surface area contributed by atoms with Crippen LogP contribution in [0, 0.1) is 6.92 Å². The number of aromatic hydroxyl groups is 1. The summed E-state index contributed by atoms with van der Waals surface area (Å²) in [5, 5.41) is 14.0. The van der Waals surface area contributed by atoms with E-state index in [2.05, 4.69) is 15.1 Å². The number of phenolic OH excluding ortho intramolecular Hbond substituents is 1. The van der Waals surface area contributed by atoms with Gasteiger partial charge in [0.1, 0.15) is 11.3 Å². The molecule has 124 valence electrons. The van der Waals surface area contributed by atoms with Gasteiger partial charge in [-0.05, 0) is 48.9 Å². The van der Waals surface area contributed by atoms with E-state index in [-0.39, 0.29) is 5.75 Å². The fourth-order valence-electron chi connectivity index (χ4n) is 2.74. The molecule has 2 aromatic carbocycles. The van der Waals surface area contributed by atoms with E-state index in [1.165, 1.54) is 18.3 Å². The van der Waals surface area contributed by atoms with Crippen molar-refractivity contribution in [3.05, 3.63) is 74.4 Å². The standard InChI is InChI=1S/C18H14N4O3/c1-10-2-7-14-13(8-10)15-16(20-14)17(24)22(18(25)21-15)19-9-11-3-5-12(23)6-4-11/h2-9,20,23H,1H3,(H,21,25)/b19-9-. The van der Waals surface area contributed by atoms with Gasteiger partial charge in [0, 0.05) is 10.9 Å². The van der Waals surface area contributed by atoms with Crippen LogP contribution in [0.2, 0.25) is 0 Å². The highest BCUT2D eigenvalue weighted by molar-refractivity contribution is 6.04. The van der Waals surface area contributed by atoms with E-state index in [0.717, 1.165) is 21.1 Å². The van der Waals surface area contributed by atoms with Crippen LogP contribution in [0.3, 0.4) is 0 Å². The van der Waals surface area contributed by atoms with Gasteiger partial charge in [0.15, 0.2) is 0 Å². The molecule has 0 radical (unpaired) electrons. The summed E-state index contributed by atoms with van der Waals surface area (Å²) in [6.07, 6.45) is 1.38. The third kappa shape index (κ3) is 2.51. The lowest BCUT2D eigenvalue weighted by molar-refractivity contribution is 0.475. The number of fused-ring (bicyclic) bond motifs is 3. The van der Waals surface area contributed by atoms with Crippen molar-refractivity contribution in [1.82, 2.24) is 14.6 Å². The Morgan fingerprint density at radius 3 is 2.56 bits per heavy atom. The van der Waals surface area contributed by atoms with Crippen molar-refractivity contribution in [1.29, 1.82) is 0 Å². The molecule has 0 fully saturated rings. The molecule has 2 aromatic heterocycles. The number of benzene rings is 2. The number of aryl methyl sites for hydroxylation is 1. The van der Waals surface area contributed by atoms with Crippen LogP contribution in [0.5, 0.6) is 5.75 Å². The number of nitrogens with zero attached hydrogens (tertiary/aromatic N) is 2. The number of aromatic nitrogens is 3. The molecular weight excluding hydrogens is 320 g/mol. The van der Waals surface area contributed by atoms with Gasteiger partial charge >= 0.3 is 11.2 Å². The highest BCUT2D eigenvalue weighted by Crippen LogP contribution is 2.21. The first-order valence-corrected chi connectivity index (χ1v) is 7.64. The van der Waals surface area contributed by atoms with E-state index in [0.29, 0.717) is 16.6 Å². The molecule has 0 aliphatic heterocycles. The number of nitrogens with one attached hydrogen (secondary N) is 2. The molecule has 4 rings (SSSR count). The Hall–Kier alpha value is -3.61. The summed E-state index contributed by atoms with van der Waals surface area (Å²) < 4.78 is 0.775. The van der Waals surface area contributed by atoms with Gasteiger partial charge in [-0.15, -0.1) is 4.68 Å². The second-order valence-corrected chi connectivity index (χ2v) is 5.81. The third-order valence-electron chi connectivity index (χ3n) is 4.00. The van der Waals surface area contributed by atoms with Crippen molar-refractivity contribution in [2.75, 3.05) is 0 Å². The molecule has 2 heterocycles. The second-order valence-electron chi connectivity index (χ2n) is 5.81. The lowest BCUT2D eigenvalue weighted by Gasteiger charge is -1.98. The maximum atomic E-state index is 12.6. The van der Waals surface area contributed by atoms with Crippen LogP contribution in [0.4, 0.5) is 0 Å². The minimum Gasteiger partial charge on any atom is -0.508 e. The second kappa shape index (κ2) is 5.48. The zero-order valence-corrected chi connectivity index (χ0v) is 13.3. The Labute approximate surface area is 140 Å². The first-order valence-electron chi connectivity index (χ1n) is 7.64. The van der Waals surface area contributed by atoms with Gasteiger partial charge in [0.25, 0.3) is 0 Å². The molecule has 7 nitrogen and oxygen atoms in total. The summed E-state index contributed by atoms with van der Waals surface area (Å²) in [4.78, 5) is 30.7. The van der Waals surface area contributed by atoms with Gasteiger partial charge in [-0.2, -0.15) is 5.10 Å². The summed E-state index contributed by atoms with van der Waals surface area (Å²) in [5.74, 6) is 0.127. The van der Waals surface area contributed by atoms with Crippen LogP contribution in [0.1, 0.15) is 11.1 Å². The Bertz CT molecular complexity index is 1240. The molecule has 7 heteroatoms. The Balaban J connectivity index is 1.90. The quantitative estimate of drug-likeness (QED) is 0.489. The number of H-pyrrole nitrogens is 2. The van der Waals surface area contributed by atoms with E-state index in [1.54, 1.807) is 12.1 Å². The summed E-state index contributed by atoms with van der Waals surface area (Å²) in [6, 6.07) is 12.0. The largest absolute Gasteiger partial charge is 0.508 e. The predicted octanol–water partition coefficient (Wildman–Crippen LogP) is 2.07. The van der Waals surface area contributed by atoms with Gasteiger partial charge in [-0.25, -0.2) is 4.79 Å². The molecule has 0 bridgehead atoms. The first-order chi connectivity index (χ1) is 12.0. The molecule has 0 aliphatic carbocycles. The van der Waals surface area contributed by atoms with E-state index < -0.39 is 11.2 Å². The fourth-order valence-corrected chi connectivity index (χ4v) is 2.74. The van der Waals surface area contributed by atoms with Crippen molar-refractivity contribution >= 4 is 28.2 Å². The van der Waals surface area contributed by atoms with Crippen molar-refractivity contribution in [3.63, 3.8) is 0 Å². The normalized spacial score (nSPS) is 11.7. The number of phenols is 1. The van der Waals surface area contributed by atoms with Crippen molar-refractivity contribution in [2.45, 2.75) is 6.92 Å². The van der Waals surface area contributed by atoms with Gasteiger partial charge < -0.3 is 15.1 Å². The Morgan fingerprint density at radius 1 is 1.04 bits per heavy atom. The molecule has 0 atom stereocenters. The summed E-state index contributed by atoms with van der Waals surface area (Å²) >= 11 is 0. The van der Waals surface area contributed by atoms with Crippen LogP contribution < -0.4 is 11.2 Å². The molecule has 0 saturated carbocycles. The van der Waals surface area contributed by atoms with Crippen LogP contribution in [-0.2, 0) is 0 Å². The van der Waals surface area contributed by atoms with Crippen LogP contribution >= 0.6 is 0 Å². The van der Waals surface area contributed by atoms with E-state index in [4.69, 9.17) is 0 Å². The zero-order valence-electron chi connectivity index (χ0n) is 13.3. The maximum absolute atomic E-state index is 12.6. The highest BCUT2D eigenvalue weighted by atomic mass is 16.3. The minimum absolute atomic E-state index is 0.127. The van der Waals surface area contributed by atoms with Gasteiger partial charge in [0.2, 0.25) is 0 Å². The highest BCUT2D eigenvalue weighted by Gasteiger charge is 2.12. The molecule has 0 spiro atoms. The number of aromatic amines is 2. The average Bonchev–Trinajstić information content (AvgIpc) is 2.94. The van der Waals surface area contributed by atoms with E-state index in [1.807, 2.05) is 25.1 Å². The van der Waals surface area contributed by atoms with E-state index >= 15 is 0 Å². The molecule has 3 N–H and O–H groups in total. The zero-order chi connectivity index (χ0) is 17.6. The molecule has 0 saturated heterocycles. The van der Waals surface area contributed by atoms with Crippen LogP contribution in [-0.4, -0.2) is 26.0 Å². The third-order valence-corrected chi connectivity index (χ3v) is 4.00. The number of hydrogen-bond acceptors (Lipinski definition) is 4. The fraction of sp³-hybridized carbons (Fsp3) is 0.0556.